The third-order valence-corrected chi connectivity index (χ3v) is 3.99. The highest BCUT2D eigenvalue weighted by molar-refractivity contribution is 6.33. The second-order valence-electron chi connectivity index (χ2n) is 5.01. The fourth-order valence-electron chi connectivity index (χ4n) is 2.61. The third-order valence-electron chi connectivity index (χ3n) is 3.68. The normalized spacial score (nSPS) is 23.1. The lowest BCUT2D eigenvalue weighted by atomic mass is 9.95. The molecule has 0 bridgehead atoms. The van der Waals surface area contributed by atoms with E-state index in [1.54, 1.807) is 0 Å². The van der Waals surface area contributed by atoms with Crippen LogP contribution in [-0.2, 0) is 4.79 Å². The maximum Gasteiger partial charge on any atom is 0.227 e. The third kappa shape index (κ3) is 2.85. The highest BCUT2D eigenvalue weighted by Crippen LogP contribution is 2.32. The summed E-state index contributed by atoms with van der Waals surface area (Å²) in [4.78, 5) is 12.2. The lowest BCUT2D eigenvalue weighted by Crippen LogP contribution is -2.29. The molecule has 0 saturated heterocycles. The first-order chi connectivity index (χ1) is 8.61. The van der Waals surface area contributed by atoms with E-state index in [0.717, 1.165) is 24.8 Å². The zero-order chi connectivity index (χ0) is 13.1. The average molecular weight is 267 g/mol. The SMILES string of the molecule is Cc1ccc(NC(=O)C2CCCC2CN)c(Cl)c1. The highest BCUT2D eigenvalue weighted by Gasteiger charge is 2.32. The predicted molar refractivity (Wildman–Crippen MR) is 74.7 cm³/mol. The maximum atomic E-state index is 12.2. The number of halogens is 1. The number of nitrogens with one attached hydrogen (secondary N) is 1. The topological polar surface area (TPSA) is 55.1 Å². The molecule has 1 aromatic rings. The Hall–Kier alpha value is -1.06. The van der Waals surface area contributed by atoms with E-state index < -0.39 is 0 Å². The van der Waals surface area contributed by atoms with Crippen molar-refractivity contribution in [3.05, 3.63) is 28.8 Å². The molecular weight excluding hydrogens is 248 g/mol. The largest absolute Gasteiger partial charge is 0.330 e. The van der Waals surface area contributed by atoms with Crippen LogP contribution in [0.2, 0.25) is 5.02 Å². The molecule has 0 radical (unpaired) electrons. The van der Waals surface area contributed by atoms with E-state index in [1.807, 2.05) is 25.1 Å². The van der Waals surface area contributed by atoms with Gasteiger partial charge in [0.1, 0.15) is 0 Å². The first-order valence-electron chi connectivity index (χ1n) is 6.39. The van der Waals surface area contributed by atoms with Crippen molar-refractivity contribution in [1.82, 2.24) is 0 Å². The van der Waals surface area contributed by atoms with E-state index >= 15 is 0 Å². The van der Waals surface area contributed by atoms with E-state index in [9.17, 15) is 4.79 Å². The summed E-state index contributed by atoms with van der Waals surface area (Å²) < 4.78 is 0. The van der Waals surface area contributed by atoms with Gasteiger partial charge in [-0.15, -0.1) is 0 Å². The molecule has 2 rings (SSSR count). The van der Waals surface area contributed by atoms with E-state index in [4.69, 9.17) is 17.3 Å². The Kier molecular flexibility index (Phi) is 4.25. The van der Waals surface area contributed by atoms with Gasteiger partial charge in [-0.1, -0.05) is 24.1 Å². The Morgan fingerprint density at radius 3 is 2.94 bits per heavy atom. The molecule has 4 heteroatoms. The standard InChI is InChI=1S/C14H19ClN2O/c1-9-5-6-13(12(15)7-9)17-14(18)11-4-2-3-10(11)8-16/h5-7,10-11H,2-4,8,16H2,1H3,(H,17,18). The fourth-order valence-corrected chi connectivity index (χ4v) is 2.89. The molecule has 2 unspecified atom stereocenters. The number of amides is 1. The predicted octanol–water partition coefficient (Wildman–Crippen LogP) is 2.96. The Balaban J connectivity index is 2.07. The van der Waals surface area contributed by atoms with Crippen molar-refractivity contribution in [2.24, 2.45) is 17.6 Å². The minimum Gasteiger partial charge on any atom is -0.330 e. The zero-order valence-corrected chi connectivity index (χ0v) is 11.3. The average Bonchev–Trinajstić information content (AvgIpc) is 2.81. The second-order valence-corrected chi connectivity index (χ2v) is 5.41. The van der Waals surface area contributed by atoms with Crippen LogP contribution in [0.4, 0.5) is 5.69 Å². The summed E-state index contributed by atoms with van der Waals surface area (Å²) in [6.45, 7) is 2.55. The minimum atomic E-state index is 0.0346. The number of hydrogen-bond donors (Lipinski definition) is 2. The molecule has 98 valence electrons. The molecule has 1 fully saturated rings. The number of nitrogens with two attached hydrogens (primary N) is 1. The minimum absolute atomic E-state index is 0.0346. The van der Waals surface area contributed by atoms with Crippen molar-refractivity contribution >= 4 is 23.2 Å². The fraction of sp³-hybridized carbons (Fsp3) is 0.500. The Morgan fingerprint density at radius 2 is 2.28 bits per heavy atom. The molecule has 1 saturated carbocycles. The van der Waals surface area contributed by atoms with Gasteiger partial charge >= 0.3 is 0 Å². The molecule has 18 heavy (non-hydrogen) atoms. The number of benzene rings is 1. The van der Waals surface area contributed by atoms with Gasteiger partial charge < -0.3 is 11.1 Å². The van der Waals surface area contributed by atoms with Crippen molar-refractivity contribution in [2.45, 2.75) is 26.2 Å². The number of hydrogen-bond acceptors (Lipinski definition) is 2. The lowest BCUT2D eigenvalue weighted by Gasteiger charge is -2.18. The van der Waals surface area contributed by atoms with Gasteiger partial charge in [0.2, 0.25) is 5.91 Å². The Labute approximate surface area is 113 Å². The molecule has 2 atom stereocenters. The van der Waals surface area contributed by atoms with Gasteiger partial charge in [-0.3, -0.25) is 4.79 Å². The lowest BCUT2D eigenvalue weighted by molar-refractivity contribution is -0.120. The first-order valence-corrected chi connectivity index (χ1v) is 6.76. The molecule has 3 nitrogen and oxygen atoms in total. The van der Waals surface area contributed by atoms with Gasteiger partial charge in [-0.05, 0) is 49.9 Å². The number of aryl methyl sites for hydroxylation is 1. The zero-order valence-electron chi connectivity index (χ0n) is 10.6. The molecule has 3 N–H and O–H groups in total. The molecule has 1 aliphatic carbocycles. The van der Waals surface area contributed by atoms with Gasteiger partial charge in [-0.2, -0.15) is 0 Å². The Bertz CT molecular complexity index is 447. The number of carbonyl (C=O) groups excluding carboxylic acids is 1. The summed E-state index contributed by atoms with van der Waals surface area (Å²) in [6.07, 6.45) is 3.06. The quantitative estimate of drug-likeness (QED) is 0.884. The number of anilines is 1. The summed E-state index contributed by atoms with van der Waals surface area (Å²) >= 11 is 6.11. The van der Waals surface area contributed by atoms with Crippen molar-refractivity contribution < 1.29 is 4.79 Å². The van der Waals surface area contributed by atoms with Crippen LogP contribution in [0, 0.1) is 18.8 Å². The number of rotatable bonds is 3. The molecule has 0 aliphatic heterocycles. The van der Waals surface area contributed by atoms with Crippen molar-refractivity contribution in [3.63, 3.8) is 0 Å². The van der Waals surface area contributed by atoms with Crippen LogP contribution in [0.3, 0.4) is 0 Å². The first kappa shape index (κ1) is 13.4. The van der Waals surface area contributed by atoms with Crippen LogP contribution in [0.1, 0.15) is 24.8 Å². The van der Waals surface area contributed by atoms with Gasteiger partial charge in [0, 0.05) is 5.92 Å². The van der Waals surface area contributed by atoms with Gasteiger partial charge in [0.25, 0.3) is 0 Å². The molecule has 1 aliphatic rings. The van der Waals surface area contributed by atoms with Gasteiger partial charge in [0.15, 0.2) is 0 Å². The van der Waals surface area contributed by atoms with Gasteiger partial charge in [-0.25, -0.2) is 0 Å². The molecule has 0 spiro atoms. The van der Waals surface area contributed by atoms with Crippen molar-refractivity contribution in [3.8, 4) is 0 Å². The van der Waals surface area contributed by atoms with Crippen molar-refractivity contribution in [1.29, 1.82) is 0 Å². The highest BCUT2D eigenvalue weighted by atomic mass is 35.5. The molecule has 1 aromatic carbocycles. The van der Waals surface area contributed by atoms with Crippen LogP contribution < -0.4 is 11.1 Å². The molecule has 0 aromatic heterocycles. The monoisotopic (exact) mass is 266 g/mol. The van der Waals surface area contributed by atoms with Crippen LogP contribution in [-0.4, -0.2) is 12.5 Å². The Morgan fingerprint density at radius 1 is 1.50 bits per heavy atom. The van der Waals surface area contributed by atoms with E-state index in [0.29, 0.717) is 23.2 Å². The number of carbonyl (C=O) groups is 1. The van der Waals surface area contributed by atoms with Crippen LogP contribution in [0.25, 0.3) is 0 Å². The van der Waals surface area contributed by atoms with Crippen molar-refractivity contribution in [2.75, 3.05) is 11.9 Å². The summed E-state index contributed by atoms with van der Waals surface area (Å²) in [5.74, 6) is 0.398. The van der Waals surface area contributed by atoms with Crippen LogP contribution in [0.5, 0.6) is 0 Å². The van der Waals surface area contributed by atoms with Crippen LogP contribution in [0.15, 0.2) is 18.2 Å². The summed E-state index contributed by atoms with van der Waals surface area (Å²) in [6, 6.07) is 5.64. The summed E-state index contributed by atoms with van der Waals surface area (Å²) in [5.41, 5.74) is 7.47. The van der Waals surface area contributed by atoms with E-state index in [2.05, 4.69) is 5.32 Å². The smallest absolute Gasteiger partial charge is 0.227 e. The van der Waals surface area contributed by atoms with E-state index in [-0.39, 0.29) is 11.8 Å². The molecule has 0 heterocycles. The maximum absolute atomic E-state index is 12.2. The summed E-state index contributed by atoms with van der Waals surface area (Å²) in [7, 11) is 0. The second kappa shape index (κ2) is 5.72. The van der Waals surface area contributed by atoms with Gasteiger partial charge in [0.05, 0.1) is 10.7 Å². The molecule has 1 amide bonds. The molecular formula is C14H19ClN2O. The van der Waals surface area contributed by atoms with Crippen LogP contribution >= 0.6 is 11.6 Å². The van der Waals surface area contributed by atoms with E-state index in [1.165, 1.54) is 0 Å². The summed E-state index contributed by atoms with van der Waals surface area (Å²) in [5, 5.41) is 3.51.